The van der Waals surface area contributed by atoms with Crippen molar-refractivity contribution in [3.8, 4) is 0 Å². The van der Waals surface area contributed by atoms with Crippen molar-refractivity contribution >= 4 is 0 Å². The van der Waals surface area contributed by atoms with Crippen LogP contribution in [0, 0.1) is 5.92 Å². The van der Waals surface area contributed by atoms with E-state index in [0.29, 0.717) is 12.0 Å². The van der Waals surface area contributed by atoms with Gasteiger partial charge in [0.2, 0.25) is 0 Å². The lowest BCUT2D eigenvalue weighted by Crippen LogP contribution is -2.46. The van der Waals surface area contributed by atoms with Crippen molar-refractivity contribution in [2.75, 3.05) is 26.4 Å². The molecule has 0 radical (unpaired) electrons. The van der Waals surface area contributed by atoms with E-state index in [-0.39, 0.29) is 19.3 Å². The monoisotopic (exact) mass is 203 g/mol. The van der Waals surface area contributed by atoms with Crippen LogP contribution in [0.3, 0.4) is 0 Å². The van der Waals surface area contributed by atoms with Gasteiger partial charge in [-0.2, -0.15) is 0 Å². The molecular formula is C10H21NO3. The highest BCUT2D eigenvalue weighted by molar-refractivity contribution is 4.78. The van der Waals surface area contributed by atoms with Gasteiger partial charge in [0.15, 0.2) is 0 Å². The second-order valence-corrected chi connectivity index (χ2v) is 3.97. The summed E-state index contributed by atoms with van der Waals surface area (Å²) in [6.07, 6.45) is 2.13. The lowest BCUT2D eigenvalue weighted by molar-refractivity contribution is 0.0505. The van der Waals surface area contributed by atoms with Gasteiger partial charge in [-0.15, -0.1) is 0 Å². The second kappa shape index (κ2) is 6.35. The molecule has 1 atom stereocenters. The molecule has 0 amide bonds. The zero-order valence-electron chi connectivity index (χ0n) is 8.78. The third kappa shape index (κ3) is 3.53. The van der Waals surface area contributed by atoms with E-state index in [0.717, 1.165) is 26.1 Å². The first-order valence-electron chi connectivity index (χ1n) is 5.33. The van der Waals surface area contributed by atoms with Crippen LogP contribution in [0.25, 0.3) is 0 Å². The lowest BCUT2D eigenvalue weighted by atomic mass is 9.92. The molecule has 1 heterocycles. The number of aliphatic hydroxyl groups excluding tert-OH is 2. The molecule has 1 aliphatic heterocycles. The van der Waals surface area contributed by atoms with Crippen molar-refractivity contribution in [2.24, 2.45) is 5.92 Å². The molecule has 0 aromatic heterocycles. The van der Waals surface area contributed by atoms with Gasteiger partial charge in [-0.05, 0) is 25.7 Å². The van der Waals surface area contributed by atoms with Crippen molar-refractivity contribution in [1.82, 2.24) is 5.32 Å². The Labute approximate surface area is 85.3 Å². The number of aliphatic hydroxyl groups is 2. The molecule has 0 spiro atoms. The quantitative estimate of drug-likeness (QED) is 0.576. The van der Waals surface area contributed by atoms with Gasteiger partial charge in [0, 0.05) is 19.3 Å². The van der Waals surface area contributed by atoms with Crippen LogP contribution in [-0.4, -0.2) is 48.7 Å². The second-order valence-electron chi connectivity index (χ2n) is 3.97. The van der Waals surface area contributed by atoms with Gasteiger partial charge in [-0.3, -0.25) is 0 Å². The summed E-state index contributed by atoms with van der Waals surface area (Å²) in [5, 5.41) is 21.1. The zero-order chi connectivity index (χ0) is 10.4. The molecule has 3 N–H and O–H groups in total. The van der Waals surface area contributed by atoms with E-state index in [1.165, 1.54) is 0 Å². The standard InChI is InChI=1S/C10H21NO3/c1-8(11-10(6-12)7-13)9-2-4-14-5-3-9/h8-13H,2-7H2,1H3. The summed E-state index contributed by atoms with van der Waals surface area (Å²) in [5.74, 6) is 0.601. The summed E-state index contributed by atoms with van der Waals surface area (Å²) < 4.78 is 5.28. The Morgan fingerprint density at radius 2 is 1.86 bits per heavy atom. The molecule has 84 valence electrons. The van der Waals surface area contributed by atoms with E-state index in [1.54, 1.807) is 0 Å². The van der Waals surface area contributed by atoms with Crippen LogP contribution in [0.15, 0.2) is 0 Å². The first-order valence-corrected chi connectivity index (χ1v) is 5.33. The Hall–Kier alpha value is -0.160. The molecule has 0 aromatic carbocycles. The van der Waals surface area contributed by atoms with Gasteiger partial charge in [-0.25, -0.2) is 0 Å². The normalized spacial score (nSPS) is 21.4. The minimum Gasteiger partial charge on any atom is -0.395 e. The highest BCUT2D eigenvalue weighted by Crippen LogP contribution is 2.18. The third-order valence-corrected chi connectivity index (χ3v) is 2.91. The van der Waals surface area contributed by atoms with E-state index in [9.17, 15) is 0 Å². The number of hydrogen-bond donors (Lipinski definition) is 3. The fourth-order valence-electron chi connectivity index (χ4n) is 1.89. The summed E-state index contributed by atoms with van der Waals surface area (Å²) >= 11 is 0. The first-order chi connectivity index (χ1) is 6.77. The average Bonchev–Trinajstić information content (AvgIpc) is 2.26. The van der Waals surface area contributed by atoms with Gasteiger partial charge in [0.25, 0.3) is 0 Å². The Kier molecular flexibility index (Phi) is 5.40. The molecule has 1 aliphatic rings. The van der Waals surface area contributed by atoms with Crippen LogP contribution < -0.4 is 5.32 Å². The Morgan fingerprint density at radius 3 is 2.36 bits per heavy atom. The predicted molar refractivity (Wildman–Crippen MR) is 54.1 cm³/mol. The molecule has 0 aromatic rings. The van der Waals surface area contributed by atoms with E-state index >= 15 is 0 Å². The molecular weight excluding hydrogens is 182 g/mol. The summed E-state index contributed by atoms with van der Waals surface area (Å²) in [7, 11) is 0. The largest absolute Gasteiger partial charge is 0.395 e. The Balaban J connectivity index is 2.27. The smallest absolute Gasteiger partial charge is 0.0607 e. The number of hydrogen-bond acceptors (Lipinski definition) is 4. The number of nitrogens with one attached hydrogen (secondary N) is 1. The maximum Gasteiger partial charge on any atom is 0.0607 e. The number of ether oxygens (including phenoxy) is 1. The van der Waals surface area contributed by atoms with E-state index in [2.05, 4.69) is 12.2 Å². The Morgan fingerprint density at radius 1 is 1.29 bits per heavy atom. The van der Waals surface area contributed by atoms with Crippen molar-refractivity contribution in [1.29, 1.82) is 0 Å². The van der Waals surface area contributed by atoms with E-state index in [4.69, 9.17) is 14.9 Å². The summed E-state index contributed by atoms with van der Waals surface area (Å²) in [4.78, 5) is 0. The SMILES string of the molecule is CC(NC(CO)CO)C1CCOCC1. The maximum absolute atomic E-state index is 8.93. The van der Waals surface area contributed by atoms with E-state index < -0.39 is 0 Å². The lowest BCUT2D eigenvalue weighted by Gasteiger charge is -2.30. The van der Waals surface area contributed by atoms with Crippen LogP contribution in [0.4, 0.5) is 0 Å². The summed E-state index contributed by atoms with van der Waals surface area (Å²) in [6, 6.07) is 0.149. The average molecular weight is 203 g/mol. The molecule has 1 fully saturated rings. The molecule has 0 bridgehead atoms. The highest BCUT2D eigenvalue weighted by Gasteiger charge is 2.22. The predicted octanol–water partition coefficient (Wildman–Crippen LogP) is -0.256. The number of rotatable bonds is 5. The fourth-order valence-corrected chi connectivity index (χ4v) is 1.89. The summed E-state index contributed by atoms with van der Waals surface area (Å²) in [5.41, 5.74) is 0. The van der Waals surface area contributed by atoms with Crippen molar-refractivity contribution in [3.63, 3.8) is 0 Å². The molecule has 1 rings (SSSR count). The zero-order valence-corrected chi connectivity index (χ0v) is 8.78. The van der Waals surface area contributed by atoms with Crippen LogP contribution in [0.2, 0.25) is 0 Å². The van der Waals surface area contributed by atoms with Crippen molar-refractivity contribution in [3.05, 3.63) is 0 Å². The van der Waals surface area contributed by atoms with Gasteiger partial charge >= 0.3 is 0 Å². The van der Waals surface area contributed by atoms with E-state index in [1.807, 2.05) is 0 Å². The molecule has 14 heavy (non-hydrogen) atoms. The minimum absolute atomic E-state index is 0.00986. The molecule has 1 saturated heterocycles. The third-order valence-electron chi connectivity index (χ3n) is 2.91. The molecule has 4 heteroatoms. The highest BCUT2D eigenvalue weighted by atomic mass is 16.5. The minimum atomic E-state index is -0.187. The molecule has 1 unspecified atom stereocenters. The van der Waals surface area contributed by atoms with Gasteiger partial charge in [0.1, 0.15) is 0 Å². The summed E-state index contributed by atoms with van der Waals surface area (Å²) in [6.45, 7) is 3.75. The van der Waals surface area contributed by atoms with Crippen molar-refractivity contribution < 1.29 is 14.9 Å². The topological polar surface area (TPSA) is 61.7 Å². The first kappa shape index (κ1) is 11.9. The molecule has 4 nitrogen and oxygen atoms in total. The van der Waals surface area contributed by atoms with Crippen molar-refractivity contribution in [2.45, 2.75) is 31.8 Å². The van der Waals surface area contributed by atoms with Crippen LogP contribution >= 0.6 is 0 Å². The molecule has 0 saturated carbocycles. The maximum atomic E-state index is 8.93. The van der Waals surface area contributed by atoms with Gasteiger partial charge < -0.3 is 20.3 Å². The van der Waals surface area contributed by atoms with Crippen LogP contribution in [0.5, 0.6) is 0 Å². The molecule has 0 aliphatic carbocycles. The van der Waals surface area contributed by atoms with Gasteiger partial charge in [-0.1, -0.05) is 0 Å². The van der Waals surface area contributed by atoms with Crippen LogP contribution in [0.1, 0.15) is 19.8 Å². The van der Waals surface area contributed by atoms with Gasteiger partial charge in [0.05, 0.1) is 19.3 Å². The Bertz CT molecular complexity index is 144. The fraction of sp³-hybridized carbons (Fsp3) is 1.00. The van der Waals surface area contributed by atoms with Crippen LogP contribution in [-0.2, 0) is 4.74 Å².